The Hall–Kier alpha value is -3.62. The van der Waals surface area contributed by atoms with E-state index in [1.807, 2.05) is 0 Å². The Balaban J connectivity index is 2.05. The second-order valence-electron chi connectivity index (χ2n) is 8.09. The molecular formula is C22H28N2O7. The molecule has 0 radical (unpaired) electrons. The molecule has 31 heavy (non-hydrogen) atoms. The highest BCUT2D eigenvalue weighted by Gasteiger charge is 2.25. The summed E-state index contributed by atoms with van der Waals surface area (Å²) in [7, 11) is 0. The van der Waals surface area contributed by atoms with Gasteiger partial charge in [0.25, 0.3) is 0 Å². The maximum Gasteiger partial charge on any atom is 0.408 e. The summed E-state index contributed by atoms with van der Waals surface area (Å²) in [4.78, 5) is 24.9. The molecule has 9 heteroatoms. The largest absolute Gasteiger partial charge is 0.504 e. The minimum absolute atomic E-state index is 0.0545. The SMILES string of the molecule is CC(C)(C)OC(=O)N[C@@H](Cc1ccc(O)c(O)c1)C(=O)NCCc1ccc(O)c(O)c1. The van der Waals surface area contributed by atoms with Crippen molar-refractivity contribution in [3.05, 3.63) is 47.5 Å². The van der Waals surface area contributed by atoms with Crippen LogP contribution in [-0.4, -0.2) is 50.6 Å². The molecule has 0 bridgehead atoms. The van der Waals surface area contributed by atoms with Gasteiger partial charge in [-0.1, -0.05) is 12.1 Å². The first-order valence-corrected chi connectivity index (χ1v) is 9.73. The van der Waals surface area contributed by atoms with Crippen LogP contribution in [-0.2, 0) is 22.4 Å². The first-order valence-electron chi connectivity index (χ1n) is 9.73. The van der Waals surface area contributed by atoms with E-state index < -0.39 is 23.6 Å². The van der Waals surface area contributed by atoms with Gasteiger partial charge in [0.1, 0.15) is 11.6 Å². The fourth-order valence-electron chi connectivity index (χ4n) is 2.77. The lowest BCUT2D eigenvalue weighted by Gasteiger charge is -2.23. The monoisotopic (exact) mass is 432 g/mol. The van der Waals surface area contributed by atoms with Crippen LogP contribution < -0.4 is 10.6 Å². The summed E-state index contributed by atoms with van der Waals surface area (Å²) in [5.74, 6) is -1.57. The number of alkyl carbamates (subject to hydrolysis) is 1. The van der Waals surface area contributed by atoms with Crippen molar-refractivity contribution in [3.8, 4) is 23.0 Å². The molecule has 2 amide bonds. The maximum atomic E-state index is 12.7. The minimum atomic E-state index is -0.994. The summed E-state index contributed by atoms with van der Waals surface area (Å²) >= 11 is 0. The Kier molecular flexibility index (Phi) is 7.57. The Morgan fingerprint density at radius 2 is 1.45 bits per heavy atom. The highest BCUT2D eigenvalue weighted by Crippen LogP contribution is 2.26. The van der Waals surface area contributed by atoms with E-state index in [0.717, 1.165) is 0 Å². The number of rotatable bonds is 7. The molecule has 0 saturated carbocycles. The van der Waals surface area contributed by atoms with E-state index in [-0.39, 0.29) is 36.0 Å². The van der Waals surface area contributed by atoms with E-state index in [0.29, 0.717) is 17.5 Å². The number of ether oxygens (including phenoxy) is 1. The third-order valence-corrected chi connectivity index (χ3v) is 4.24. The average Bonchev–Trinajstić information content (AvgIpc) is 2.65. The Morgan fingerprint density at radius 3 is 2.00 bits per heavy atom. The number of carbonyl (C=O) groups excluding carboxylic acids is 2. The van der Waals surface area contributed by atoms with Crippen LogP contribution in [0.4, 0.5) is 4.79 Å². The molecule has 0 spiro atoms. The van der Waals surface area contributed by atoms with Gasteiger partial charge in [-0.2, -0.15) is 0 Å². The quantitative estimate of drug-likeness (QED) is 0.368. The van der Waals surface area contributed by atoms with Crippen molar-refractivity contribution in [3.63, 3.8) is 0 Å². The smallest absolute Gasteiger partial charge is 0.408 e. The molecule has 6 N–H and O–H groups in total. The van der Waals surface area contributed by atoms with Crippen LogP contribution >= 0.6 is 0 Å². The van der Waals surface area contributed by atoms with Crippen molar-refractivity contribution in [2.75, 3.05) is 6.54 Å². The van der Waals surface area contributed by atoms with Crippen LogP contribution in [0.1, 0.15) is 31.9 Å². The molecule has 9 nitrogen and oxygen atoms in total. The van der Waals surface area contributed by atoms with Crippen molar-refractivity contribution in [1.29, 1.82) is 0 Å². The highest BCUT2D eigenvalue weighted by atomic mass is 16.6. The summed E-state index contributed by atoms with van der Waals surface area (Å²) in [6.07, 6.45) is -0.323. The molecule has 1 atom stereocenters. The fourth-order valence-corrected chi connectivity index (χ4v) is 2.77. The number of hydrogen-bond donors (Lipinski definition) is 6. The summed E-state index contributed by atoms with van der Waals surface area (Å²) in [5.41, 5.74) is 0.480. The van der Waals surface area contributed by atoms with Gasteiger partial charge in [-0.15, -0.1) is 0 Å². The predicted molar refractivity (Wildman–Crippen MR) is 113 cm³/mol. The summed E-state index contributed by atoms with van der Waals surface area (Å²) in [6, 6.07) is 7.53. The van der Waals surface area contributed by atoms with Crippen LogP contribution in [0, 0.1) is 0 Å². The molecule has 0 aromatic heterocycles. The van der Waals surface area contributed by atoms with Gasteiger partial charge in [-0.25, -0.2) is 4.79 Å². The molecule has 0 saturated heterocycles. The van der Waals surface area contributed by atoms with E-state index in [1.54, 1.807) is 26.8 Å². The molecular weight excluding hydrogens is 404 g/mol. The zero-order valence-electron chi connectivity index (χ0n) is 17.7. The fraction of sp³-hybridized carbons (Fsp3) is 0.364. The van der Waals surface area contributed by atoms with Gasteiger partial charge in [-0.05, 0) is 62.6 Å². The summed E-state index contributed by atoms with van der Waals surface area (Å²) in [5, 5.41) is 43.3. The van der Waals surface area contributed by atoms with Crippen molar-refractivity contribution in [2.45, 2.75) is 45.3 Å². The van der Waals surface area contributed by atoms with Crippen molar-refractivity contribution >= 4 is 12.0 Å². The van der Waals surface area contributed by atoms with Crippen molar-refractivity contribution < 1.29 is 34.8 Å². The first kappa shape index (κ1) is 23.7. The second kappa shape index (κ2) is 9.92. The molecule has 2 aromatic carbocycles. The van der Waals surface area contributed by atoms with Crippen LogP contribution in [0.25, 0.3) is 0 Å². The van der Waals surface area contributed by atoms with E-state index in [1.165, 1.54) is 30.3 Å². The van der Waals surface area contributed by atoms with Crippen LogP contribution in [0.5, 0.6) is 23.0 Å². The molecule has 0 heterocycles. The number of nitrogens with one attached hydrogen (secondary N) is 2. The molecule has 0 aliphatic heterocycles. The molecule has 2 aromatic rings. The van der Waals surface area contributed by atoms with Gasteiger partial charge >= 0.3 is 6.09 Å². The van der Waals surface area contributed by atoms with Gasteiger partial charge in [0, 0.05) is 13.0 Å². The molecule has 0 fully saturated rings. The number of hydrogen-bond acceptors (Lipinski definition) is 7. The lowest BCUT2D eigenvalue weighted by Crippen LogP contribution is -2.49. The summed E-state index contributed by atoms with van der Waals surface area (Å²) < 4.78 is 5.23. The van der Waals surface area contributed by atoms with E-state index in [9.17, 15) is 30.0 Å². The minimum Gasteiger partial charge on any atom is -0.504 e. The second-order valence-corrected chi connectivity index (χ2v) is 8.09. The van der Waals surface area contributed by atoms with Gasteiger partial charge in [-0.3, -0.25) is 4.79 Å². The highest BCUT2D eigenvalue weighted by molar-refractivity contribution is 5.86. The lowest BCUT2D eigenvalue weighted by molar-refractivity contribution is -0.123. The van der Waals surface area contributed by atoms with Gasteiger partial charge in [0.15, 0.2) is 23.0 Å². The van der Waals surface area contributed by atoms with Gasteiger partial charge in [0.2, 0.25) is 5.91 Å². The molecule has 0 unspecified atom stereocenters. The third kappa shape index (κ3) is 7.61. The number of phenolic OH excluding ortho intramolecular Hbond substituents is 4. The molecule has 0 aliphatic carbocycles. The Bertz CT molecular complexity index is 938. The van der Waals surface area contributed by atoms with E-state index in [2.05, 4.69) is 10.6 Å². The number of benzene rings is 2. The number of phenols is 4. The van der Waals surface area contributed by atoms with E-state index in [4.69, 9.17) is 4.74 Å². The number of aromatic hydroxyl groups is 4. The van der Waals surface area contributed by atoms with Crippen molar-refractivity contribution in [1.82, 2.24) is 10.6 Å². The lowest BCUT2D eigenvalue weighted by atomic mass is 10.0. The normalized spacial score (nSPS) is 12.1. The molecule has 0 aliphatic rings. The first-order chi connectivity index (χ1) is 14.4. The number of amides is 2. The van der Waals surface area contributed by atoms with Crippen molar-refractivity contribution in [2.24, 2.45) is 0 Å². The standard InChI is InChI=1S/C22H28N2O7/c1-22(2,3)31-21(30)24-15(10-14-5-7-17(26)19(28)12-14)20(29)23-9-8-13-4-6-16(25)18(27)11-13/h4-7,11-12,15,25-28H,8-10H2,1-3H3,(H,23,29)(H,24,30)/t15-/m0/s1. The maximum absolute atomic E-state index is 12.7. The Labute approximate surface area is 180 Å². The van der Waals surface area contributed by atoms with Crippen LogP contribution in [0.15, 0.2) is 36.4 Å². The zero-order valence-corrected chi connectivity index (χ0v) is 17.7. The van der Waals surface area contributed by atoms with E-state index >= 15 is 0 Å². The predicted octanol–water partition coefficient (Wildman–Crippen LogP) is 2.30. The van der Waals surface area contributed by atoms with Gasteiger partial charge in [0.05, 0.1) is 0 Å². The summed E-state index contributed by atoms with van der Waals surface area (Å²) in [6.45, 7) is 5.32. The van der Waals surface area contributed by atoms with Gasteiger partial charge < -0.3 is 35.8 Å². The zero-order chi connectivity index (χ0) is 23.2. The molecule has 168 valence electrons. The average molecular weight is 432 g/mol. The van der Waals surface area contributed by atoms with Crippen LogP contribution in [0.2, 0.25) is 0 Å². The molecule has 2 rings (SSSR count). The third-order valence-electron chi connectivity index (χ3n) is 4.24. The number of carbonyl (C=O) groups is 2. The Morgan fingerprint density at radius 1 is 0.903 bits per heavy atom. The van der Waals surface area contributed by atoms with Crippen LogP contribution in [0.3, 0.4) is 0 Å². The topological polar surface area (TPSA) is 148 Å².